The molecule has 1 aromatic heterocycles. The van der Waals surface area contributed by atoms with Crippen LogP contribution in [-0.4, -0.2) is 30.0 Å². The predicted molar refractivity (Wildman–Crippen MR) is 80.9 cm³/mol. The van der Waals surface area contributed by atoms with E-state index in [0.29, 0.717) is 13.0 Å². The zero-order chi connectivity index (χ0) is 15.1. The number of hydrogen-bond acceptors (Lipinski definition) is 3. The van der Waals surface area contributed by atoms with Crippen LogP contribution in [0.3, 0.4) is 0 Å². The number of aromatic amines is 1. The summed E-state index contributed by atoms with van der Waals surface area (Å²) in [5.41, 5.74) is 2.25. The van der Waals surface area contributed by atoms with Crippen LogP contribution >= 0.6 is 0 Å². The Morgan fingerprint density at radius 3 is 2.90 bits per heavy atom. The second kappa shape index (κ2) is 7.47. The van der Waals surface area contributed by atoms with E-state index in [0.717, 1.165) is 23.9 Å². The number of fused-ring (bicyclic) bond motifs is 1. The number of ether oxygens (including phenoxy) is 1. The van der Waals surface area contributed by atoms with Gasteiger partial charge in [0.2, 0.25) is 0 Å². The van der Waals surface area contributed by atoms with E-state index < -0.39 is 0 Å². The topological polar surface area (TPSA) is 71.2 Å². The van der Waals surface area contributed by atoms with Gasteiger partial charge in [-0.3, -0.25) is 9.59 Å². The Hall–Kier alpha value is -2.30. The van der Waals surface area contributed by atoms with Crippen molar-refractivity contribution in [1.82, 2.24) is 10.3 Å². The summed E-state index contributed by atoms with van der Waals surface area (Å²) in [6.45, 7) is 2.21. The van der Waals surface area contributed by atoms with Gasteiger partial charge in [0.25, 0.3) is 5.91 Å². The minimum absolute atomic E-state index is 0.202. The largest absolute Gasteiger partial charge is 0.456 e. The Labute approximate surface area is 123 Å². The lowest BCUT2D eigenvalue weighted by molar-refractivity contribution is -0.148. The van der Waals surface area contributed by atoms with Crippen molar-refractivity contribution in [1.29, 1.82) is 0 Å². The summed E-state index contributed by atoms with van der Waals surface area (Å²) < 4.78 is 4.85. The molecular formula is C16H20N2O3. The van der Waals surface area contributed by atoms with Gasteiger partial charge >= 0.3 is 5.97 Å². The van der Waals surface area contributed by atoms with E-state index in [-0.39, 0.29) is 18.5 Å². The van der Waals surface area contributed by atoms with Gasteiger partial charge in [-0.25, -0.2) is 0 Å². The molecule has 0 fully saturated rings. The zero-order valence-corrected chi connectivity index (χ0v) is 12.1. The zero-order valence-electron chi connectivity index (χ0n) is 12.1. The van der Waals surface area contributed by atoms with E-state index in [9.17, 15) is 9.59 Å². The minimum Gasteiger partial charge on any atom is -0.456 e. The second-order valence-corrected chi connectivity index (χ2v) is 4.87. The number of H-pyrrole nitrogens is 1. The fourth-order valence-corrected chi connectivity index (χ4v) is 2.15. The van der Waals surface area contributed by atoms with Gasteiger partial charge in [-0.15, -0.1) is 0 Å². The van der Waals surface area contributed by atoms with Crippen molar-refractivity contribution in [2.24, 2.45) is 0 Å². The lowest BCUT2D eigenvalue weighted by Gasteiger charge is -2.06. The van der Waals surface area contributed by atoms with Crippen molar-refractivity contribution in [3.8, 4) is 0 Å². The first kappa shape index (κ1) is 15.1. The summed E-state index contributed by atoms with van der Waals surface area (Å²) in [5.74, 6) is -0.594. The Balaban J connectivity index is 1.74. The molecule has 5 nitrogen and oxygen atoms in total. The van der Waals surface area contributed by atoms with Crippen LogP contribution in [0.2, 0.25) is 0 Å². The van der Waals surface area contributed by atoms with E-state index in [1.165, 1.54) is 5.39 Å². The quantitative estimate of drug-likeness (QED) is 0.767. The molecule has 0 radical (unpaired) electrons. The predicted octanol–water partition coefficient (Wildman–Crippen LogP) is 2.17. The number of hydrogen-bond donors (Lipinski definition) is 2. The van der Waals surface area contributed by atoms with E-state index >= 15 is 0 Å². The van der Waals surface area contributed by atoms with Crippen LogP contribution in [0.15, 0.2) is 30.5 Å². The first-order chi connectivity index (χ1) is 10.2. The molecule has 2 N–H and O–H groups in total. The Kier molecular flexibility index (Phi) is 5.37. The number of rotatable bonds is 7. The molecule has 0 aliphatic carbocycles. The van der Waals surface area contributed by atoms with Gasteiger partial charge in [-0.05, 0) is 24.5 Å². The van der Waals surface area contributed by atoms with Crippen molar-refractivity contribution in [2.75, 3.05) is 13.2 Å². The first-order valence-corrected chi connectivity index (χ1v) is 7.18. The second-order valence-electron chi connectivity index (χ2n) is 4.87. The molecule has 2 aromatic rings. The van der Waals surface area contributed by atoms with Crippen LogP contribution in [0.4, 0.5) is 0 Å². The maximum atomic E-state index is 11.5. The maximum Gasteiger partial charge on any atom is 0.306 e. The first-order valence-electron chi connectivity index (χ1n) is 7.18. The van der Waals surface area contributed by atoms with Crippen LogP contribution in [0, 0.1) is 0 Å². The minimum atomic E-state index is -0.329. The molecular weight excluding hydrogens is 268 g/mol. The van der Waals surface area contributed by atoms with Gasteiger partial charge in [-0.2, -0.15) is 0 Å². The fourth-order valence-electron chi connectivity index (χ4n) is 2.15. The molecule has 1 heterocycles. The van der Waals surface area contributed by atoms with E-state index in [2.05, 4.69) is 16.4 Å². The number of carbonyl (C=O) groups excluding carboxylic acids is 2. The van der Waals surface area contributed by atoms with Crippen molar-refractivity contribution >= 4 is 22.8 Å². The van der Waals surface area contributed by atoms with Crippen molar-refractivity contribution in [3.63, 3.8) is 0 Å². The molecule has 1 aromatic carbocycles. The number of amides is 1. The molecule has 0 atom stereocenters. The average Bonchev–Trinajstić information content (AvgIpc) is 2.89. The third-order valence-corrected chi connectivity index (χ3v) is 3.21. The normalized spacial score (nSPS) is 10.5. The lowest BCUT2D eigenvalue weighted by Crippen LogP contribution is -2.30. The molecule has 0 aliphatic heterocycles. The summed E-state index contributed by atoms with van der Waals surface area (Å²) in [6, 6.07) is 8.04. The highest BCUT2D eigenvalue weighted by atomic mass is 16.5. The van der Waals surface area contributed by atoms with Gasteiger partial charge in [0.15, 0.2) is 6.61 Å². The van der Waals surface area contributed by atoms with Crippen LogP contribution < -0.4 is 5.32 Å². The molecule has 1 amide bonds. The molecule has 21 heavy (non-hydrogen) atoms. The van der Waals surface area contributed by atoms with E-state index in [4.69, 9.17) is 4.74 Å². The number of nitrogens with one attached hydrogen (secondary N) is 2. The smallest absolute Gasteiger partial charge is 0.306 e. The third kappa shape index (κ3) is 4.34. The number of carbonyl (C=O) groups is 2. The van der Waals surface area contributed by atoms with Crippen molar-refractivity contribution < 1.29 is 14.3 Å². The number of para-hydroxylation sites is 1. The van der Waals surface area contributed by atoms with Gasteiger partial charge < -0.3 is 15.0 Å². The molecule has 0 saturated heterocycles. The SMILES string of the molecule is CCCC(=O)OCC(=O)NCCc1c[nH]c2ccccc12. The summed E-state index contributed by atoms with van der Waals surface area (Å²) in [4.78, 5) is 25.9. The van der Waals surface area contributed by atoms with Crippen LogP contribution in [0.5, 0.6) is 0 Å². The monoisotopic (exact) mass is 288 g/mol. The Morgan fingerprint density at radius 2 is 2.10 bits per heavy atom. The third-order valence-electron chi connectivity index (χ3n) is 3.21. The number of esters is 1. The molecule has 2 rings (SSSR count). The van der Waals surface area contributed by atoms with Crippen LogP contribution in [0.25, 0.3) is 10.9 Å². The molecule has 0 spiro atoms. The molecule has 0 saturated carbocycles. The summed E-state index contributed by atoms with van der Waals surface area (Å²) in [6.07, 6.45) is 3.76. The van der Waals surface area contributed by atoms with E-state index in [1.54, 1.807) is 0 Å². The average molecular weight is 288 g/mol. The van der Waals surface area contributed by atoms with Crippen molar-refractivity contribution in [3.05, 3.63) is 36.0 Å². The standard InChI is InChI=1S/C16H20N2O3/c1-2-5-16(20)21-11-15(19)17-9-8-12-10-18-14-7-4-3-6-13(12)14/h3-4,6-7,10,18H,2,5,8-9,11H2,1H3,(H,17,19). The maximum absolute atomic E-state index is 11.5. The highest BCUT2D eigenvalue weighted by Gasteiger charge is 2.07. The van der Waals surface area contributed by atoms with Gasteiger partial charge in [0.1, 0.15) is 0 Å². The highest BCUT2D eigenvalue weighted by molar-refractivity contribution is 5.83. The molecule has 112 valence electrons. The van der Waals surface area contributed by atoms with Gasteiger partial charge in [0, 0.05) is 30.1 Å². The summed E-state index contributed by atoms with van der Waals surface area (Å²) >= 11 is 0. The lowest BCUT2D eigenvalue weighted by atomic mass is 10.1. The Morgan fingerprint density at radius 1 is 1.29 bits per heavy atom. The summed E-state index contributed by atoms with van der Waals surface area (Å²) in [5, 5.41) is 3.92. The van der Waals surface area contributed by atoms with Gasteiger partial charge in [-0.1, -0.05) is 25.1 Å². The Bertz CT molecular complexity index is 619. The number of benzene rings is 1. The van der Waals surface area contributed by atoms with Gasteiger partial charge in [0.05, 0.1) is 0 Å². The fraction of sp³-hybridized carbons (Fsp3) is 0.375. The molecule has 0 bridgehead atoms. The molecule has 0 unspecified atom stereocenters. The summed E-state index contributed by atoms with van der Waals surface area (Å²) in [7, 11) is 0. The number of aromatic nitrogens is 1. The van der Waals surface area contributed by atoms with E-state index in [1.807, 2.05) is 31.3 Å². The van der Waals surface area contributed by atoms with Crippen LogP contribution in [0.1, 0.15) is 25.3 Å². The molecule has 5 heteroatoms. The van der Waals surface area contributed by atoms with Crippen LogP contribution in [-0.2, 0) is 20.7 Å². The highest BCUT2D eigenvalue weighted by Crippen LogP contribution is 2.17. The molecule has 0 aliphatic rings. The van der Waals surface area contributed by atoms with Crippen molar-refractivity contribution in [2.45, 2.75) is 26.2 Å².